The lowest BCUT2D eigenvalue weighted by atomic mass is 10.2. The SMILES string of the molecule is O=C(CNC(=O)c1cccc([N+](=O)[O-])c1)OCC(=O)N1CCc2ccccc21. The van der Waals surface area contributed by atoms with Gasteiger partial charge in [-0.05, 0) is 24.1 Å². The Morgan fingerprint density at radius 3 is 2.71 bits per heavy atom. The first-order valence-electron chi connectivity index (χ1n) is 8.52. The van der Waals surface area contributed by atoms with E-state index in [4.69, 9.17) is 4.74 Å². The van der Waals surface area contributed by atoms with E-state index in [1.807, 2.05) is 24.3 Å². The van der Waals surface area contributed by atoms with Crippen LogP contribution in [0.25, 0.3) is 0 Å². The van der Waals surface area contributed by atoms with Crippen LogP contribution in [0.3, 0.4) is 0 Å². The molecule has 2 aromatic carbocycles. The van der Waals surface area contributed by atoms with E-state index in [-0.39, 0.29) is 17.2 Å². The quantitative estimate of drug-likeness (QED) is 0.458. The second-order valence-corrected chi connectivity index (χ2v) is 6.07. The van der Waals surface area contributed by atoms with Crippen molar-refractivity contribution in [1.82, 2.24) is 5.32 Å². The van der Waals surface area contributed by atoms with Crippen LogP contribution in [0, 0.1) is 10.1 Å². The Labute approximate surface area is 160 Å². The number of nitrogens with one attached hydrogen (secondary N) is 1. The number of carbonyl (C=O) groups is 3. The Hall–Kier alpha value is -3.75. The highest BCUT2D eigenvalue weighted by molar-refractivity contribution is 5.98. The molecule has 3 rings (SSSR count). The van der Waals surface area contributed by atoms with E-state index >= 15 is 0 Å². The number of nitro benzene ring substituents is 1. The number of esters is 1. The van der Waals surface area contributed by atoms with Crippen LogP contribution in [-0.2, 0) is 20.7 Å². The molecule has 144 valence electrons. The van der Waals surface area contributed by atoms with E-state index in [1.165, 1.54) is 18.2 Å². The van der Waals surface area contributed by atoms with Crippen molar-refractivity contribution in [2.45, 2.75) is 6.42 Å². The van der Waals surface area contributed by atoms with Gasteiger partial charge in [-0.1, -0.05) is 24.3 Å². The lowest BCUT2D eigenvalue weighted by molar-refractivity contribution is -0.384. The first kappa shape index (κ1) is 19.0. The zero-order valence-electron chi connectivity index (χ0n) is 14.8. The van der Waals surface area contributed by atoms with Crippen LogP contribution in [0.5, 0.6) is 0 Å². The molecule has 9 heteroatoms. The fourth-order valence-electron chi connectivity index (χ4n) is 2.88. The summed E-state index contributed by atoms with van der Waals surface area (Å²) in [5, 5.41) is 13.1. The molecule has 2 amide bonds. The number of benzene rings is 2. The van der Waals surface area contributed by atoms with Gasteiger partial charge in [0, 0.05) is 29.9 Å². The number of para-hydroxylation sites is 1. The monoisotopic (exact) mass is 383 g/mol. The predicted octanol–water partition coefficient (Wildman–Crippen LogP) is 1.46. The standard InChI is InChI=1S/C19H17N3O6/c23-17(21-9-8-13-4-1-2-7-16(13)21)12-28-18(24)11-20-19(25)14-5-3-6-15(10-14)22(26)27/h1-7,10H,8-9,11-12H2,(H,20,25). The Morgan fingerprint density at radius 2 is 1.93 bits per heavy atom. The van der Waals surface area contributed by atoms with Gasteiger partial charge in [-0.2, -0.15) is 0 Å². The minimum Gasteiger partial charge on any atom is -0.454 e. The van der Waals surface area contributed by atoms with Crippen LogP contribution < -0.4 is 10.2 Å². The number of nitro groups is 1. The fourth-order valence-corrected chi connectivity index (χ4v) is 2.88. The zero-order valence-corrected chi connectivity index (χ0v) is 14.8. The third kappa shape index (κ3) is 4.32. The summed E-state index contributed by atoms with van der Waals surface area (Å²) in [6.07, 6.45) is 0.745. The topological polar surface area (TPSA) is 119 Å². The Kier molecular flexibility index (Phi) is 5.64. The predicted molar refractivity (Wildman–Crippen MR) is 98.9 cm³/mol. The second-order valence-electron chi connectivity index (χ2n) is 6.07. The Balaban J connectivity index is 1.47. The number of fused-ring (bicyclic) bond motifs is 1. The number of anilines is 1. The summed E-state index contributed by atoms with van der Waals surface area (Å²) in [6.45, 7) is -0.357. The van der Waals surface area contributed by atoms with Gasteiger partial charge in [-0.3, -0.25) is 24.5 Å². The highest BCUT2D eigenvalue weighted by Crippen LogP contribution is 2.27. The first-order chi connectivity index (χ1) is 13.5. The molecule has 0 fully saturated rings. The van der Waals surface area contributed by atoms with Crippen LogP contribution in [0.1, 0.15) is 15.9 Å². The van der Waals surface area contributed by atoms with E-state index in [0.29, 0.717) is 6.54 Å². The number of non-ortho nitro benzene ring substituents is 1. The average molecular weight is 383 g/mol. The van der Waals surface area contributed by atoms with Gasteiger partial charge in [0.05, 0.1) is 4.92 Å². The highest BCUT2D eigenvalue weighted by atomic mass is 16.6. The van der Waals surface area contributed by atoms with Gasteiger partial charge in [-0.15, -0.1) is 0 Å². The van der Waals surface area contributed by atoms with Crippen molar-refractivity contribution in [1.29, 1.82) is 0 Å². The van der Waals surface area contributed by atoms with Crippen LogP contribution in [0.4, 0.5) is 11.4 Å². The van der Waals surface area contributed by atoms with E-state index in [1.54, 1.807) is 4.90 Å². The van der Waals surface area contributed by atoms with Crippen molar-refractivity contribution in [3.05, 3.63) is 69.8 Å². The first-order valence-corrected chi connectivity index (χ1v) is 8.52. The summed E-state index contributed by atoms with van der Waals surface area (Å²) in [4.78, 5) is 47.7. The van der Waals surface area contributed by atoms with Crippen LogP contribution in [0.15, 0.2) is 48.5 Å². The van der Waals surface area contributed by atoms with Crippen molar-refractivity contribution in [2.75, 3.05) is 24.6 Å². The molecule has 1 aliphatic heterocycles. The highest BCUT2D eigenvalue weighted by Gasteiger charge is 2.24. The van der Waals surface area contributed by atoms with E-state index in [9.17, 15) is 24.5 Å². The summed E-state index contributed by atoms with van der Waals surface area (Å²) in [5.74, 6) is -1.77. The van der Waals surface area contributed by atoms with Gasteiger partial charge in [0.1, 0.15) is 6.54 Å². The van der Waals surface area contributed by atoms with Gasteiger partial charge in [-0.25, -0.2) is 0 Å². The molecule has 1 N–H and O–H groups in total. The van der Waals surface area contributed by atoms with Gasteiger partial charge in [0.15, 0.2) is 6.61 Å². The smallest absolute Gasteiger partial charge is 0.325 e. The molecule has 2 aromatic rings. The summed E-state index contributed by atoms with van der Waals surface area (Å²) in [7, 11) is 0. The van der Waals surface area contributed by atoms with Gasteiger partial charge < -0.3 is 15.0 Å². The maximum atomic E-state index is 12.3. The molecule has 0 spiro atoms. The number of amides is 2. The number of carbonyl (C=O) groups excluding carboxylic acids is 3. The molecule has 0 aliphatic carbocycles. The number of hydrogen-bond donors (Lipinski definition) is 1. The molecular weight excluding hydrogens is 366 g/mol. The Bertz CT molecular complexity index is 943. The van der Waals surface area contributed by atoms with Crippen LogP contribution >= 0.6 is 0 Å². The third-order valence-electron chi connectivity index (χ3n) is 4.26. The normalized spacial score (nSPS) is 12.2. The molecule has 0 saturated heterocycles. The Morgan fingerprint density at radius 1 is 1.14 bits per heavy atom. The fraction of sp³-hybridized carbons (Fsp3) is 0.211. The molecule has 0 atom stereocenters. The average Bonchev–Trinajstić information content (AvgIpc) is 3.14. The summed E-state index contributed by atoms with van der Waals surface area (Å²) >= 11 is 0. The molecule has 0 aromatic heterocycles. The van der Waals surface area contributed by atoms with Gasteiger partial charge in [0.25, 0.3) is 17.5 Å². The zero-order chi connectivity index (χ0) is 20.1. The minimum atomic E-state index is -0.778. The molecule has 28 heavy (non-hydrogen) atoms. The van der Waals surface area contributed by atoms with Crippen molar-refractivity contribution >= 4 is 29.2 Å². The molecule has 1 aliphatic rings. The molecular formula is C19H17N3O6. The second kappa shape index (κ2) is 8.30. The number of ether oxygens (including phenoxy) is 1. The van der Waals surface area contributed by atoms with E-state index < -0.39 is 30.0 Å². The molecule has 9 nitrogen and oxygen atoms in total. The van der Waals surface area contributed by atoms with E-state index in [0.717, 1.165) is 23.7 Å². The lowest BCUT2D eigenvalue weighted by Gasteiger charge is -2.17. The van der Waals surface area contributed by atoms with Gasteiger partial charge in [0.2, 0.25) is 0 Å². The largest absolute Gasteiger partial charge is 0.454 e. The number of nitrogens with zero attached hydrogens (tertiary/aromatic N) is 2. The summed E-state index contributed by atoms with van der Waals surface area (Å²) < 4.78 is 4.93. The number of hydrogen-bond acceptors (Lipinski definition) is 6. The molecule has 0 bridgehead atoms. The molecule has 0 unspecified atom stereocenters. The van der Waals surface area contributed by atoms with Gasteiger partial charge >= 0.3 is 5.97 Å². The minimum absolute atomic E-state index is 0.0479. The molecule has 0 radical (unpaired) electrons. The summed E-state index contributed by atoms with van der Waals surface area (Å²) in [5.41, 5.74) is 1.69. The third-order valence-corrected chi connectivity index (χ3v) is 4.26. The summed E-state index contributed by atoms with van der Waals surface area (Å²) in [6, 6.07) is 12.6. The molecule has 0 saturated carbocycles. The van der Waals surface area contributed by atoms with Crippen LogP contribution in [-0.4, -0.2) is 42.4 Å². The van der Waals surface area contributed by atoms with Crippen molar-refractivity contribution in [3.63, 3.8) is 0 Å². The molecule has 1 heterocycles. The maximum Gasteiger partial charge on any atom is 0.325 e. The lowest BCUT2D eigenvalue weighted by Crippen LogP contribution is -2.36. The van der Waals surface area contributed by atoms with Crippen molar-refractivity contribution in [2.24, 2.45) is 0 Å². The number of rotatable bonds is 6. The van der Waals surface area contributed by atoms with E-state index in [2.05, 4.69) is 5.32 Å². The van der Waals surface area contributed by atoms with Crippen molar-refractivity contribution < 1.29 is 24.0 Å². The maximum absolute atomic E-state index is 12.3. The van der Waals surface area contributed by atoms with Crippen molar-refractivity contribution in [3.8, 4) is 0 Å². The van der Waals surface area contributed by atoms with Crippen LogP contribution in [0.2, 0.25) is 0 Å².